The van der Waals surface area contributed by atoms with Gasteiger partial charge in [0.1, 0.15) is 0 Å². The Kier molecular flexibility index (Phi) is 3.50. The Hall–Kier alpha value is -3.72. The highest BCUT2D eigenvalue weighted by atomic mass is 16.6. The van der Waals surface area contributed by atoms with Gasteiger partial charge in [-0.05, 0) is 24.3 Å². The molecule has 0 bridgehead atoms. The highest BCUT2D eigenvalue weighted by Crippen LogP contribution is 2.44. The van der Waals surface area contributed by atoms with Crippen molar-refractivity contribution in [3.05, 3.63) is 69.4 Å². The summed E-state index contributed by atoms with van der Waals surface area (Å²) in [6.45, 7) is 0. The number of hydrogen-bond donors (Lipinski definition) is 3. The molecule has 3 N–H and O–H groups in total. The first-order valence-electron chi connectivity index (χ1n) is 7.89. The van der Waals surface area contributed by atoms with Crippen molar-refractivity contribution in [2.45, 2.75) is 5.60 Å². The van der Waals surface area contributed by atoms with Crippen molar-refractivity contribution in [3.63, 3.8) is 0 Å². The maximum absolute atomic E-state index is 12.6. The Bertz CT molecular complexity index is 1140. The molecular weight excluding hydrogens is 354 g/mol. The SMILES string of the molecule is COC(=O)c1ccc2[nH]cc(C3(O)C(=O)Nc4ccc([N+](=O)[O-])cc43)c2c1. The molecule has 1 aliphatic heterocycles. The average Bonchev–Trinajstić information content (AvgIpc) is 3.20. The Balaban J connectivity index is 1.96. The number of nitro groups is 1. The van der Waals surface area contributed by atoms with Crippen LogP contribution >= 0.6 is 0 Å². The molecule has 0 radical (unpaired) electrons. The molecule has 9 nitrogen and oxygen atoms in total. The van der Waals surface area contributed by atoms with Gasteiger partial charge in [0, 0.05) is 46.0 Å². The molecule has 2 aromatic carbocycles. The number of hydrogen-bond acceptors (Lipinski definition) is 6. The van der Waals surface area contributed by atoms with Gasteiger partial charge >= 0.3 is 5.97 Å². The third kappa shape index (κ3) is 2.29. The number of carbonyl (C=O) groups is 2. The number of rotatable bonds is 3. The monoisotopic (exact) mass is 367 g/mol. The van der Waals surface area contributed by atoms with E-state index in [1.165, 1.54) is 31.5 Å². The summed E-state index contributed by atoms with van der Waals surface area (Å²) in [5.41, 5.74) is -1.03. The molecule has 0 spiro atoms. The maximum atomic E-state index is 12.6. The van der Waals surface area contributed by atoms with Crippen LogP contribution < -0.4 is 5.32 Å². The number of aromatic amines is 1. The van der Waals surface area contributed by atoms with E-state index in [1.807, 2.05) is 0 Å². The predicted octanol–water partition coefficient (Wildman–Crippen LogP) is 2.05. The van der Waals surface area contributed by atoms with Crippen molar-refractivity contribution < 1.29 is 24.4 Å². The van der Waals surface area contributed by atoms with Crippen LogP contribution in [0.4, 0.5) is 11.4 Å². The van der Waals surface area contributed by atoms with Crippen molar-refractivity contribution in [1.29, 1.82) is 0 Å². The number of methoxy groups -OCH3 is 1. The molecule has 136 valence electrons. The average molecular weight is 367 g/mol. The number of H-pyrrole nitrogens is 1. The Morgan fingerprint density at radius 3 is 2.70 bits per heavy atom. The number of nitrogens with zero attached hydrogens (tertiary/aromatic N) is 1. The molecule has 1 aliphatic rings. The van der Waals surface area contributed by atoms with Crippen LogP contribution in [0.1, 0.15) is 21.5 Å². The third-order valence-corrected chi connectivity index (χ3v) is 4.67. The Labute approximate surface area is 151 Å². The summed E-state index contributed by atoms with van der Waals surface area (Å²) >= 11 is 0. The van der Waals surface area contributed by atoms with E-state index in [1.54, 1.807) is 12.1 Å². The van der Waals surface area contributed by atoms with Gasteiger partial charge in [0.2, 0.25) is 0 Å². The lowest BCUT2D eigenvalue weighted by Gasteiger charge is -2.20. The van der Waals surface area contributed by atoms with Gasteiger partial charge in [-0.2, -0.15) is 0 Å². The summed E-state index contributed by atoms with van der Waals surface area (Å²) < 4.78 is 4.71. The fourth-order valence-electron chi connectivity index (χ4n) is 3.32. The number of aliphatic hydroxyl groups is 1. The van der Waals surface area contributed by atoms with E-state index in [4.69, 9.17) is 4.74 Å². The molecule has 3 aromatic rings. The van der Waals surface area contributed by atoms with Crippen LogP contribution in [0.25, 0.3) is 10.9 Å². The summed E-state index contributed by atoms with van der Waals surface area (Å²) in [5.74, 6) is -1.30. The zero-order valence-electron chi connectivity index (χ0n) is 14.0. The van der Waals surface area contributed by atoms with Crippen LogP contribution in [-0.4, -0.2) is 34.0 Å². The summed E-state index contributed by atoms with van der Waals surface area (Å²) in [7, 11) is 1.25. The molecule has 2 heterocycles. The molecular formula is C18H13N3O6. The number of amides is 1. The molecule has 1 amide bonds. The topological polar surface area (TPSA) is 135 Å². The zero-order chi connectivity index (χ0) is 19.3. The number of ether oxygens (including phenoxy) is 1. The summed E-state index contributed by atoms with van der Waals surface area (Å²) in [6.07, 6.45) is 1.44. The van der Waals surface area contributed by atoms with Gasteiger partial charge in [0.15, 0.2) is 5.60 Å². The summed E-state index contributed by atoms with van der Waals surface area (Å²) in [5, 5.41) is 25.4. The van der Waals surface area contributed by atoms with E-state index in [0.29, 0.717) is 10.9 Å². The van der Waals surface area contributed by atoms with Crippen LogP contribution in [-0.2, 0) is 15.1 Å². The van der Waals surface area contributed by atoms with Gasteiger partial charge in [0.05, 0.1) is 17.6 Å². The minimum Gasteiger partial charge on any atom is -0.465 e. The quantitative estimate of drug-likeness (QED) is 0.368. The van der Waals surface area contributed by atoms with E-state index in [-0.39, 0.29) is 28.1 Å². The van der Waals surface area contributed by atoms with Crippen LogP contribution in [0, 0.1) is 10.1 Å². The van der Waals surface area contributed by atoms with E-state index in [2.05, 4.69) is 10.3 Å². The highest BCUT2D eigenvalue weighted by molar-refractivity contribution is 6.10. The van der Waals surface area contributed by atoms with E-state index in [0.717, 1.165) is 6.07 Å². The third-order valence-electron chi connectivity index (χ3n) is 4.67. The van der Waals surface area contributed by atoms with Crippen molar-refractivity contribution >= 4 is 34.2 Å². The number of anilines is 1. The lowest BCUT2D eigenvalue weighted by Crippen LogP contribution is -2.35. The largest absolute Gasteiger partial charge is 0.465 e. The summed E-state index contributed by atoms with van der Waals surface area (Å²) in [6, 6.07) is 8.44. The number of benzene rings is 2. The highest BCUT2D eigenvalue weighted by Gasteiger charge is 2.49. The zero-order valence-corrected chi connectivity index (χ0v) is 14.0. The van der Waals surface area contributed by atoms with Crippen molar-refractivity contribution in [1.82, 2.24) is 4.98 Å². The molecule has 4 rings (SSSR count). The first-order valence-corrected chi connectivity index (χ1v) is 7.89. The van der Waals surface area contributed by atoms with Gasteiger partial charge in [-0.15, -0.1) is 0 Å². The first-order chi connectivity index (χ1) is 12.9. The first kappa shape index (κ1) is 16.7. The van der Waals surface area contributed by atoms with Gasteiger partial charge in [-0.1, -0.05) is 0 Å². The number of aromatic nitrogens is 1. The number of fused-ring (bicyclic) bond motifs is 2. The second-order valence-electron chi connectivity index (χ2n) is 6.11. The molecule has 0 saturated carbocycles. The lowest BCUT2D eigenvalue weighted by molar-refractivity contribution is -0.385. The number of non-ortho nitro benzene ring substituents is 1. The molecule has 0 saturated heterocycles. The minimum absolute atomic E-state index is 0.0751. The summed E-state index contributed by atoms with van der Waals surface area (Å²) in [4.78, 5) is 37.9. The van der Waals surface area contributed by atoms with Gasteiger partial charge in [-0.3, -0.25) is 14.9 Å². The number of esters is 1. The van der Waals surface area contributed by atoms with Crippen molar-refractivity contribution in [2.24, 2.45) is 0 Å². The maximum Gasteiger partial charge on any atom is 0.337 e. The normalized spacial score (nSPS) is 18.2. The predicted molar refractivity (Wildman–Crippen MR) is 94.4 cm³/mol. The second kappa shape index (κ2) is 5.64. The Morgan fingerprint density at radius 1 is 1.22 bits per heavy atom. The minimum atomic E-state index is -2.14. The second-order valence-corrected chi connectivity index (χ2v) is 6.11. The van der Waals surface area contributed by atoms with Crippen LogP contribution in [0.5, 0.6) is 0 Å². The number of nitro benzene ring substituents is 1. The molecule has 1 unspecified atom stereocenters. The molecule has 27 heavy (non-hydrogen) atoms. The van der Waals surface area contributed by atoms with Crippen molar-refractivity contribution in [3.8, 4) is 0 Å². The fraction of sp³-hybridized carbons (Fsp3) is 0.111. The van der Waals surface area contributed by atoms with E-state index in [9.17, 15) is 24.8 Å². The molecule has 1 atom stereocenters. The number of nitrogens with one attached hydrogen (secondary N) is 2. The lowest BCUT2D eigenvalue weighted by atomic mass is 9.87. The molecule has 1 aromatic heterocycles. The molecule has 0 fully saturated rings. The van der Waals surface area contributed by atoms with Gasteiger partial charge < -0.3 is 20.1 Å². The standard InChI is InChI=1S/C18H13N3O6/c1-27-16(22)9-2-4-14-11(6-9)13(8-19-14)18(24)12-7-10(21(25)26)3-5-15(12)20-17(18)23/h2-8,19,24H,1H3,(H,20,23). The number of carbonyl (C=O) groups excluding carboxylic acids is 2. The van der Waals surface area contributed by atoms with Crippen molar-refractivity contribution in [2.75, 3.05) is 12.4 Å². The van der Waals surface area contributed by atoms with Crippen LogP contribution in [0.15, 0.2) is 42.6 Å². The van der Waals surface area contributed by atoms with Crippen LogP contribution in [0.2, 0.25) is 0 Å². The van der Waals surface area contributed by atoms with Crippen LogP contribution in [0.3, 0.4) is 0 Å². The Morgan fingerprint density at radius 2 is 2.00 bits per heavy atom. The van der Waals surface area contributed by atoms with Gasteiger partial charge in [0.25, 0.3) is 11.6 Å². The van der Waals surface area contributed by atoms with E-state index < -0.39 is 22.4 Å². The fourth-order valence-corrected chi connectivity index (χ4v) is 3.32. The molecule has 9 heteroatoms. The molecule has 0 aliphatic carbocycles. The van der Waals surface area contributed by atoms with Gasteiger partial charge in [-0.25, -0.2) is 4.79 Å². The van der Waals surface area contributed by atoms with E-state index >= 15 is 0 Å². The smallest absolute Gasteiger partial charge is 0.337 e.